The van der Waals surface area contributed by atoms with E-state index >= 15 is 0 Å². The molecule has 2 rings (SSSR count). The zero-order valence-electron chi connectivity index (χ0n) is 11.5. The minimum Gasteiger partial charge on any atom is -0.338 e. The first-order valence-corrected chi connectivity index (χ1v) is 7.25. The molecular formula is C14H24N2O2. The van der Waals surface area contributed by atoms with E-state index in [4.69, 9.17) is 0 Å². The van der Waals surface area contributed by atoms with Crippen molar-refractivity contribution in [3.8, 4) is 0 Å². The maximum atomic E-state index is 12.6. The smallest absolute Gasteiger partial charge is 0.245 e. The Morgan fingerprint density at radius 2 is 2.06 bits per heavy atom. The monoisotopic (exact) mass is 252 g/mol. The van der Waals surface area contributed by atoms with Gasteiger partial charge in [-0.1, -0.05) is 13.3 Å². The molecule has 0 aliphatic carbocycles. The van der Waals surface area contributed by atoms with Crippen LogP contribution < -0.4 is 0 Å². The van der Waals surface area contributed by atoms with Crippen LogP contribution in [0.25, 0.3) is 0 Å². The molecule has 0 aromatic carbocycles. The SMILES string of the molecule is CCCC(C)N1CCC(=O)N2CCCCC2C1=O. The number of piperidine rings is 1. The summed E-state index contributed by atoms with van der Waals surface area (Å²) in [6.07, 6.45) is 5.55. The molecule has 0 aromatic rings. The molecule has 0 aromatic heterocycles. The van der Waals surface area contributed by atoms with Crippen molar-refractivity contribution >= 4 is 11.8 Å². The van der Waals surface area contributed by atoms with Crippen LogP contribution in [0.5, 0.6) is 0 Å². The van der Waals surface area contributed by atoms with Crippen molar-refractivity contribution in [1.82, 2.24) is 9.80 Å². The summed E-state index contributed by atoms with van der Waals surface area (Å²) in [4.78, 5) is 28.4. The number of fused-ring (bicyclic) bond motifs is 1. The highest BCUT2D eigenvalue weighted by molar-refractivity contribution is 5.90. The average molecular weight is 252 g/mol. The van der Waals surface area contributed by atoms with E-state index in [1.807, 2.05) is 9.80 Å². The van der Waals surface area contributed by atoms with E-state index < -0.39 is 0 Å². The van der Waals surface area contributed by atoms with Crippen LogP contribution in [0.4, 0.5) is 0 Å². The summed E-state index contributed by atoms with van der Waals surface area (Å²) in [6.45, 7) is 5.61. The number of hydrogen-bond acceptors (Lipinski definition) is 2. The van der Waals surface area contributed by atoms with Crippen molar-refractivity contribution in [2.45, 2.75) is 64.5 Å². The van der Waals surface area contributed by atoms with Crippen LogP contribution >= 0.6 is 0 Å². The van der Waals surface area contributed by atoms with E-state index in [1.165, 1.54) is 0 Å². The topological polar surface area (TPSA) is 40.6 Å². The van der Waals surface area contributed by atoms with E-state index in [9.17, 15) is 9.59 Å². The quantitative estimate of drug-likeness (QED) is 0.768. The van der Waals surface area contributed by atoms with Gasteiger partial charge in [-0.15, -0.1) is 0 Å². The summed E-state index contributed by atoms with van der Waals surface area (Å²) < 4.78 is 0. The number of carbonyl (C=O) groups excluding carboxylic acids is 2. The van der Waals surface area contributed by atoms with Gasteiger partial charge in [0.15, 0.2) is 0 Å². The van der Waals surface area contributed by atoms with Crippen LogP contribution in [0.1, 0.15) is 52.4 Å². The minimum atomic E-state index is -0.173. The van der Waals surface area contributed by atoms with Crippen molar-refractivity contribution in [3.05, 3.63) is 0 Å². The lowest BCUT2D eigenvalue weighted by atomic mass is 10.0. The lowest BCUT2D eigenvalue weighted by Crippen LogP contribution is -2.51. The fourth-order valence-electron chi connectivity index (χ4n) is 3.16. The normalized spacial score (nSPS) is 26.9. The summed E-state index contributed by atoms with van der Waals surface area (Å²) in [5, 5.41) is 0. The van der Waals surface area contributed by atoms with E-state index in [1.54, 1.807) is 0 Å². The lowest BCUT2D eigenvalue weighted by molar-refractivity contribution is -0.144. The van der Waals surface area contributed by atoms with Crippen LogP contribution in [0.2, 0.25) is 0 Å². The minimum absolute atomic E-state index is 0.166. The fraction of sp³-hybridized carbons (Fsp3) is 0.857. The molecule has 2 amide bonds. The van der Waals surface area contributed by atoms with Gasteiger partial charge in [-0.2, -0.15) is 0 Å². The Morgan fingerprint density at radius 1 is 1.28 bits per heavy atom. The van der Waals surface area contributed by atoms with Crippen molar-refractivity contribution in [1.29, 1.82) is 0 Å². The predicted molar refractivity (Wildman–Crippen MR) is 70.1 cm³/mol. The van der Waals surface area contributed by atoms with Gasteiger partial charge in [0.1, 0.15) is 6.04 Å². The molecule has 0 radical (unpaired) electrons. The predicted octanol–water partition coefficient (Wildman–Crippen LogP) is 1.79. The highest BCUT2D eigenvalue weighted by Crippen LogP contribution is 2.24. The third kappa shape index (κ3) is 2.52. The van der Waals surface area contributed by atoms with Crippen molar-refractivity contribution < 1.29 is 9.59 Å². The number of nitrogens with zero attached hydrogens (tertiary/aromatic N) is 2. The molecule has 0 spiro atoms. The highest BCUT2D eigenvalue weighted by Gasteiger charge is 2.38. The maximum absolute atomic E-state index is 12.6. The van der Waals surface area contributed by atoms with Crippen molar-refractivity contribution in [2.75, 3.05) is 13.1 Å². The molecule has 2 saturated heterocycles. The van der Waals surface area contributed by atoms with Gasteiger partial charge in [0.05, 0.1) is 0 Å². The third-order valence-corrected chi connectivity index (χ3v) is 4.20. The van der Waals surface area contributed by atoms with Gasteiger partial charge in [0, 0.05) is 25.6 Å². The Labute approximate surface area is 109 Å². The molecular weight excluding hydrogens is 228 g/mol. The number of rotatable bonds is 3. The second-order valence-electron chi connectivity index (χ2n) is 5.52. The van der Waals surface area contributed by atoms with Gasteiger partial charge < -0.3 is 9.80 Å². The van der Waals surface area contributed by atoms with Crippen LogP contribution in [0, 0.1) is 0 Å². The van der Waals surface area contributed by atoms with E-state index in [0.717, 1.165) is 38.6 Å². The van der Waals surface area contributed by atoms with Gasteiger partial charge in [-0.05, 0) is 32.6 Å². The van der Waals surface area contributed by atoms with Crippen LogP contribution in [-0.4, -0.2) is 46.8 Å². The van der Waals surface area contributed by atoms with Crippen molar-refractivity contribution in [3.63, 3.8) is 0 Å². The Hall–Kier alpha value is -1.06. The Bertz CT molecular complexity index is 330. The summed E-state index contributed by atoms with van der Waals surface area (Å²) in [7, 11) is 0. The number of carbonyl (C=O) groups is 2. The van der Waals surface area contributed by atoms with E-state index in [-0.39, 0.29) is 23.9 Å². The zero-order valence-corrected chi connectivity index (χ0v) is 11.5. The van der Waals surface area contributed by atoms with E-state index in [0.29, 0.717) is 13.0 Å². The van der Waals surface area contributed by atoms with E-state index in [2.05, 4.69) is 13.8 Å². The fourth-order valence-corrected chi connectivity index (χ4v) is 3.16. The largest absolute Gasteiger partial charge is 0.338 e. The molecule has 0 saturated carbocycles. The van der Waals surface area contributed by atoms with Crippen LogP contribution in [0.15, 0.2) is 0 Å². The van der Waals surface area contributed by atoms with Gasteiger partial charge in [0.25, 0.3) is 0 Å². The first-order chi connectivity index (χ1) is 8.65. The Balaban J connectivity index is 2.15. The number of amides is 2. The molecule has 102 valence electrons. The van der Waals surface area contributed by atoms with Crippen molar-refractivity contribution in [2.24, 2.45) is 0 Å². The third-order valence-electron chi connectivity index (χ3n) is 4.20. The molecule has 0 bridgehead atoms. The van der Waals surface area contributed by atoms with Crippen LogP contribution in [0.3, 0.4) is 0 Å². The molecule has 4 nitrogen and oxygen atoms in total. The van der Waals surface area contributed by atoms with Crippen LogP contribution in [-0.2, 0) is 9.59 Å². The molecule has 2 unspecified atom stereocenters. The molecule has 0 N–H and O–H groups in total. The molecule has 2 atom stereocenters. The van der Waals surface area contributed by atoms with Gasteiger partial charge in [-0.25, -0.2) is 0 Å². The zero-order chi connectivity index (χ0) is 13.1. The standard InChI is InChI=1S/C14H24N2O2/c1-3-6-11(2)15-10-8-13(17)16-9-5-4-7-12(16)14(15)18/h11-12H,3-10H2,1-2H3. The second kappa shape index (κ2) is 5.72. The molecule has 18 heavy (non-hydrogen) atoms. The molecule has 4 heteroatoms. The first kappa shape index (κ1) is 13.4. The molecule has 2 fully saturated rings. The molecule has 2 aliphatic rings. The Morgan fingerprint density at radius 3 is 2.78 bits per heavy atom. The summed E-state index contributed by atoms with van der Waals surface area (Å²) in [6, 6.07) is 0.0882. The number of hydrogen-bond donors (Lipinski definition) is 0. The van der Waals surface area contributed by atoms with Gasteiger partial charge in [0.2, 0.25) is 11.8 Å². The lowest BCUT2D eigenvalue weighted by Gasteiger charge is -2.36. The van der Waals surface area contributed by atoms with Gasteiger partial charge >= 0.3 is 0 Å². The average Bonchev–Trinajstić information content (AvgIpc) is 2.50. The summed E-state index contributed by atoms with van der Waals surface area (Å²) in [5.74, 6) is 0.348. The maximum Gasteiger partial charge on any atom is 0.245 e. The van der Waals surface area contributed by atoms with Gasteiger partial charge in [-0.3, -0.25) is 9.59 Å². The molecule has 2 aliphatic heterocycles. The first-order valence-electron chi connectivity index (χ1n) is 7.25. The second-order valence-corrected chi connectivity index (χ2v) is 5.52. The molecule has 2 heterocycles. The summed E-state index contributed by atoms with van der Waals surface area (Å²) >= 11 is 0. The summed E-state index contributed by atoms with van der Waals surface area (Å²) in [5.41, 5.74) is 0. The Kier molecular flexibility index (Phi) is 4.25. The highest BCUT2D eigenvalue weighted by atomic mass is 16.2.